The summed E-state index contributed by atoms with van der Waals surface area (Å²) < 4.78 is 7.34. The van der Waals surface area contributed by atoms with Gasteiger partial charge in [-0.25, -0.2) is 0 Å². The van der Waals surface area contributed by atoms with E-state index in [4.69, 9.17) is 21.4 Å². The maximum atomic E-state index is 10.9. The quantitative estimate of drug-likeness (QED) is 0.939. The maximum absolute atomic E-state index is 10.9. The molecule has 116 valence electrons. The minimum atomic E-state index is -0.892. The van der Waals surface area contributed by atoms with Gasteiger partial charge in [0.05, 0.1) is 18.7 Å². The first kappa shape index (κ1) is 15.1. The van der Waals surface area contributed by atoms with Crippen LogP contribution in [0.4, 0.5) is 0 Å². The van der Waals surface area contributed by atoms with Gasteiger partial charge in [0, 0.05) is 30.0 Å². The Balaban J connectivity index is 1.84. The predicted molar refractivity (Wildman–Crippen MR) is 83.1 cm³/mol. The highest BCUT2D eigenvalue weighted by Gasteiger charge is 2.17. The van der Waals surface area contributed by atoms with E-state index >= 15 is 0 Å². The molecule has 0 spiro atoms. The molecule has 3 rings (SSSR count). The number of benzene rings is 1. The van der Waals surface area contributed by atoms with Crippen molar-refractivity contribution >= 4 is 17.6 Å². The molecule has 2 aromatic rings. The molecular weight excluding hydrogens is 304 g/mol. The van der Waals surface area contributed by atoms with Gasteiger partial charge in [-0.05, 0) is 36.1 Å². The van der Waals surface area contributed by atoms with Crippen LogP contribution in [0.25, 0.3) is 11.1 Å². The molecule has 1 aliphatic rings. The van der Waals surface area contributed by atoms with Crippen molar-refractivity contribution in [2.45, 2.75) is 25.3 Å². The highest BCUT2D eigenvalue weighted by Crippen LogP contribution is 2.27. The zero-order chi connectivity index (χ0) is 15.5. The summed E-state index contributed by atoms with van der Waals surface area (Å²) in [6.07, 6.45) is 5.66. The SMILES string of the molecule is O=C(O)Cc1cc(-c2cnn(C3CCOCC3)c2)ccc1Cl. The van der Waals surface area contributed by atoms with Crippen LogP contribution in [0.15, 0.2) is 30.6 Å². The summed E-state index contributed by atoms with van der Waals surface area (Å²) in [5.41, 5.74) is 2.51. The number of carbonyl (C=O) groups is 1. The molecule has 0 bridgehead atoms. The fourth-order valence-electron chi connectivity index (χ4n) is 2.69. The minimum Gasteiger partial charge on any atom is -0.481 e. The first-order chi connectivity index (χ1) is 10.6. The maximum Gasteiger partial charge on any atom is 0.307 e. The Kier molecular flexibility index (Phi) is 4.45. The summed E-state index contributed by atoms with van der Waals surface area (Å²) in [5.74, 6) is -0.892. The fourth-order valence-corrected chi connectivity index (χ4v) is 2.87. The molecule has 0 unspecified atom stereocenters. The van der Waals surface area contributed by atoms with Crippen LogP contribution in [0.1, 0.15) is 24.4 Å². The predicted octanol–water partition coefficient (Wildman–Crippen LogP) is 3.18. The van der Waals surface area contributed by atoms with Crippen molar-refractivity contribution in [2.24, 2.45) is 0 Å². The van der Waals surface area contributed by atoms with E-state index in [0.717, 1.165) is 37.2 Å². The highest BCUT2D eigenvalue weighted by molar-refractivity contribution is 6.31. The number of halogens is 1. The van der Waals surface area contributed by atoms with Gasteiger partial charge < -0.3 is 9.84 Å². The Morgan fingerprint density at radius 1 is 1.36 bits per heavy atom. The van der Waals surface area contributed by atoms with Gasteiger partial charge in [-0.3, -0.25) is 9.48 Å². The van der Waals surface area contributed by atoms with Crippen molar-refractivity contribution in [1.82, 2.24) is 9.78 Å². The number of aromatic nitrogens is 2. The van der Waals surface area contributed by atoms with Gasteiger partial charge in [0.25, 0.3) is 0 Å². The van der Waals surface area contributed by atoms with Gasteiger partial charge in [-0.1, -0.05) is 17.7 Å². The summed E-state index contributed by atoms with van der Waals surface area (Å²) in [5, 5.41) is 13.9. The zero-order valence-electron chi connectivity index (χ0n) is 12.0. The van der Waals surface area contributed by atoms with Crippen LogP contribution in [0.3, 0.4) is 0 Å². The van der Waals surface area contributed by atoms with Crippen LogP contribution in [0, 0.1) is 0 Å². The molecule has 2 heterocycles. The van der Waals surface area contributed by atoms with Gasteiger partial charge in [0.15, 0.2) is 0 Å². The number of hydrogen-bond donors (Lipinski definition) is 1. The third kappa shape index (κ3) is 3.31. The van der Waals surface area contributed by atoms with E-state index in [1.54, 1.807) is 6.07 Å². The third-order valence-electron chi connectivity index (χ3n) is 3.89. The lowest BCUT2D eigenvalue weighted by Gasteiger charge is -2.22. The smallest absolute Gasteiger partial charge is 0.307 e. The minimum absolute atomic E-state index is 0.0826. The third-order valence-corrected chi connectivity index (χ3v) is 4.26. The largest absolute Gasteiger partial charge is 0.481 e. The Labute approximate surface area is 133 Å². The van der Waals surface area contributed by atoms with E-state index in [2.05, 4.69) is 5.10 Å². The number of carboxylic acids is 1. The summed E-state index contributed by atoms with van der Waals surface area (Å²) in [7, 11) is 0. The second-order valence-corrected chi connectivity index (χ2v) is 5.84. The van der Waals surface area contributed by atoms with Crippen LogP contribution in [0.5, 0.6) is 0 Å². The average Bonchev–Trinajstić information content (AvgIpc) is 3.00. The Hall–Kier alpha value is -1.85. The lowest BCUT2D eigenvalue weighted by atomic mass is 10.0. The molecule has 1 aliphatic heterocycles. The van der Waals surface area contributed by atoms with E-state index in [1.165, 1.54) is 0 Å². The Morgan fingerprint density at radius 2 is 2.14 bits per heavy atom. The lowest BCUT2D eigenvalue weighted by Crippen LogP contribution is -2.19. The Bertz CT molecular complexity index is 678. The molecule has 1 N–H and O–H groups in total. The van der Waals surface area contributed by atoms with Crippen molar-refractivity contribution < 1.29 is 14.6 Å². The zero-order valence-corrected chi connectivity index (χ0v) is 12.8. The Morgan fingerprint density at radius 3 is 2.86 bits per heavy atom. The lowest BCUT2D eigenvalue weighted by molar-refractivity contribution is -0.136. The summed E-state index contributed by atoms with van der Waals surface area (Å²) in [4.78, 5) is 10.9. The molecule has 0 aliphatic carbocycles. The van der Waals surface area contributed by atoms with Crippen molar-refractivity contribution in [3.05, 3.63) is 41.2 Å². The molecular formula is C16H17ClN2O3. The second kappa shape index (κ2) is 6.50. The van der Waals surface area contributed by atoms with Crippen LogP contribution in [-0.4, -0.2) is 34.1 Å². The normalized spacial score (nSPS) is 15.9. The molecule has 6 heteroatoms. The van der Waals surface area contributed by atoms with Crippen molar-refractivity contribution in [1.29, 1.82) is 0 Å². The van der Waals surface area contributed by atoms with Crippen LogP contribution >= 0.6 is 11.6 Å². The molecule has 1 fully saturated rings. The summed E-state index contributed by atoms with van der Waals surface area (Å²) >= 11 is 6.06. The molecule has 0 atom stereocenters. The number of aliphatic carboxylic acids is 1. The molecule has 1 aromatic carbocycles. The first-order valence-corrected chi connectivity index (χ1v) is 7.64. The van der Waals surface area contributed by atoms with Gasteiger partial charge in [-0.2, -0.15) is 5.10 Å². The average molecular weight is 321 g/mol. The second-order valence-electron chi connectivity index (χ2n) is 5.43. The van der Waals surface area contributed by atoms with Gasteiger partial charge in [0.1, 0.15) is 0 Å². The topological polar surface area (TPSA) is 64.3 Å². The van der Waals surface area contributed by atoms with E-state index in [0.29, 0.717) is 16.6 Å². The van der Waals surface area contributed by atoms with Gasteiger partial charge in [-0.15, -0.1) is 0 Å². The standard InChI is InChI=1S/C16H17ClN2O3/c17-15-2-1-11(7-12(15)8-16(20)21)13-9-18-19(10-13)14-3-5-22-6-4-14/h1-2,7,9-10,14H,3-6,8H2,(H,20,21). The molecule has 22 heavy (non-hydrogen) atoms. The fraction of sp³-hybridized carbons (Fsp3) is 0.375. The monoisotopic (exact) mass is 320 g/mol. The number of ether oxygens (including phenoxy) is 1. The van der Waals surface area contributed by atoms with E-state index < -0.39 is 5.97 Å². The van der Waals surface area contributed by atoms with Crippen molar-refractivity contribution in [2.75, 3.05) is 13.2 Å². The van der Waals surface area contributed by atoms with Gasteiger partial charge >= 0.3 is 5.97 Å². The number of carboxylic acid groups (broad SMARTS) is 1. The van der Waals surface area contributed by atoms with Crippen molar-refractivity contribution in [3.8, 4) is 11.1 Å². The van der Waals surface area contributed by atoms with Gasteiger partial charge in [0.2, 0.25) is 0 Å². The van der Waals surface area contributed by atoms with E-state index in [-0.39, 0.29) is 6.42 Å². The van der Waals surface area contributed by atoms with Crippen LogP contribution in [-0.2, 0) is 16.0 Å². The number of rotatable bonds is 4. The van der Waals surface area contributed by atoms with Crippen molar-refractivity contribution in [3.63, 3.8) is 0 Å². The van der Waals surface area contributed by atoms with Crippen LogP contribution in [0.2, 0.25) is 5.02 Å². The summed E-state index contributed by atoms with van der Waals surface area (Å²) in [6.45, 7) is 1.53. The molecule has 1 saturated heterocycles. The van der Waals surface area contributed by atoms with E-state index in [9.17, 15) is 4.79 Å². The molecule has 1 aromatic heterocycles. The molecule has 0 saturated carbocycles. The number of hydrogen-bond acceptors (Lipinski definition) is 3. The number of nitrogens with zero attached hydrogens (tertiary/aromatic N) is 2. The van der Waals surface area contributed by atoms with E-state index in [1.807, 2.05) is 29.2 Å². The highest BCUT2D eigenvalue weighted by atomic mass is 35.5. The summed E-state index contributed by atoms with van der Waals surface area (Å²) in [6, 6.07) is 5.81. The first-order valence-electron chi connectivity index (χ1n) is 7.26. The molecule has 0 amide bonds. The molecule has 0 radical (unpaired) electrons. The molecule has 5 nitrogen and oxygen atoms in total. The van der Waals surface area contributed by atoms with Crippen LogP contribution < -0.4 is 0 Å².